The van der Waals surface area contributed by atoms with Crippen LogP contribution in [0.25, 0.3) is 0 Å². The first kappa shape index (κ1) is 22.0. The molecule has 0 saturated carbocycles. The Morgan fingerprint density at radius 2 is 1.82 bits per heavy atom. The second-order valence-electron chi connectivity index (χ2n) is 5.15. The van der Waals surface area contributed by atoms with E-state index >= 15 is 0 Å². The van der Waals surface area contributed by atoms with Gasteiger partial charge in [-0.2, -0.15) is 13.2 Å². The second-order valence-corrected chi connectivity index (χ2v) is 6.00. The summed E-state index contributed by atoms with van der Waals surface area (Å²) in [5, 5.41) is 3.17. The van der Waals surface area contributed by atoms with Crippen molar-refractivity contribution in [2.24, 2.45) is 0 Å². The Morgan fingerprint density at radius 3 is 2.32 bits per heavy atom. The van der Waals surface area contributed by atoms with Gasteiger partial charge in [0, 0.05) is 36.7 Å². The lowest BCUT2D eigenvalue weighted by atomic mass is 9.99. The Kier molecular flexibility index (Phi) is 9.32. The highest BCUT2D eigenvalue weighted by atomic mass is 79.9. The number of rotatable bonds is 3. The molecule has 0 bridgehead atoms. The Labute approximate surface area is 149 Å². The van der Waals surface area contributed by atoms with Crippen LogP contribution in [-0.2, 0) is 0 Å². The summed E-state index contributed by atoms with van der Waals surface area (Å²) >= 11 is 3.41. The van der Waals surface area contributed by atoms with Crippen LogP contribution in [0.1, 0.15) is 23.6 Å². The van der Waals surface area contributed by atoms with Gasteiger partial charge in [0.05, 0.1) is 6.42 Å². The van der Waals surface area contributed by atoms with E-state index in [2.05, 4.69) is 21.2 Å². The number of nitrogens with zero attached hydrogens (tertiary/aromatic N) is 1. The molecular weight excluding hydrogens is 404 g/mol. The summed E-state index contributed by atoms with van der Waals surface area (Å²) in [6, 6.07) is 4.93. The lowest BCUT2D eigenvalue weighted by Gasteiger charge is -2.36. The standard InChI is InChI=1S/C14H18BrF3N2.2ClH/c1-10-2-3-11(12(15)8-10)13(9-14(16,17)18)20-6-4-19-5-7-20;;/h2-3,8,13,19H,4-7,9H2,1H3;2*1H/t13-;;/m0../s1. The molecule has 1 saturated heterocycles. The number of halogens is 6. The highest BCUT2D eigenvalue weighted by Gasteiger charge is 2.36. The van der Waals surface area contributed by atoms with Crippen molar-refractivity contribution in [3.05, 3.63) is 33.8 Å². The van der Waals surface area contributed by atoms with Gasteiger partial charge < -0.3 is 5.32 Å². The van der Waals surface area contributed by atoms with E-state index in [-0.39, 0.29) is 24.8 Å². The lowest BCUT2D eigenvalue weighted by molar-refractivity contribution is -0.148. The summed E-state index contributed by atoms with van der Waals surface area (Å²) in [5.74, 6) is 0. The minimum atomic E-state index is -4.17. The fraction of sp³-hybridized carbons (Fsp3) is 0.571. The maximum absolute atomic E-state index is 12.9. The molecule has 1 aromatic carbocycles. The monoisotopic (exact) mass is 422 g/mol. The zero-order chi connectivity index (χ0) is 14.8. The van der Waals surface area contributed by atoms with Crippen LogP contribution in [-0.4, -0.2) is 37.3 Å². The summed E-state index contributed by atoms with van der Waals surface area (Å²) in [4.78, 5) is 1.92. The van der Waals surface area contributed by atoms with Crippen molar-refractivity contribution in [3.8, 4) is 0 Å². The largest absolute Gasteiger partial charge is 0.390 e. The lowest BCUT2D eigenvalue weighted by Crippen LogP contribution is -2.46. The van der Waals surface area contributed by atoms with Crippen molar-refractivity contribution >= 4 is 40.7 Å². The molecule has 1 N–H and O–H groups in total. The van der Waals surface area contributed by atoms with Gasteiger partial charge in [0.15, 0.2) is 0 Å². The van der Waals surface area contributed by atoms with Crippen LogP contribution in [0.15, 0.2) is 22.7 Å². The molecule has 1 aliphatic heterocycles. The first-order valence-corrected chi connectivity index (χ1v) is 7.44. The van der Waals surface area contributed by atoms with Crippen LogP contribution in [0.2, 0.25) is 0 Å². The molecule has 1 fully saturated rings. The van der Waals surface area contributed by atoms with E-state index in [9.17, 15) is 13.2 Å². The van der Waals surface area contributed by atoms with Crippen LogP contribution in [0.3, 0.4) is 0 Å². The van der Waals surface area contributed by atoms with Crippen molar-refractivity contribution in [1.82, 2.24) is 10.2 Å². The van der Waals surface area contributed by atoms with Gasteiger partial charge in [-0.15, -0.1) is 24.8 Å². The van der Waals surface area contributed by atoms with Gasteiger partial charge in [-0.3, -0.25) is 4.90 Å². The molecule has 0 aliphatic carbocycles. The van der Waals surface area contributed by atoms with Gasteiger partial charge in [0.1, 0.15) is 0 Å². The van der Waals surface area contributed by atoms with Gasteiger partial charge in [-0.25, -0.2) is 0 Å². The molecule has 2 nitrogen and oxygen atoms in total. The van der Waals surface area contributed by atoms with E-state index in [0.29, 0.717) is 13.1 Å². The Bertz CT molecular complexity index is 466. The van der Waals surface area contributed by atoms with Crippen molar-refractivity contribution in [2.75, 3.05) is 26.2 Å². The van der Waals surface area contributed by atoms with Gasteiger partial charge in [0.25, 0.3) is 0 Å². The third kappa shape index (κ3) is 6.24. The van der Waals surface area contributed by atoms with E-state index in [1.165, 1.54) is 0 Å². The minimum Gasteiger partial charge on any atom is -0.314 e. The summed E-state index contributed by atoms with van der Waals surface area (Å²) in [6.45, 7) is 4.68. The Morgan fingerprint density at radius 1 is 1.23 bits per heavy atom. The molecule has 1 aromatic rings. The van der Waals surface area contributed by atoms with Crippen molar-refractivity contribution in [1.29, 1.82) is 0 Å². The maximum Gasteiger partial charge on any atom is 0.390 e. The fourth-order valence-corrected chi connectivity index (χ4v) is 3.31. The molecule has 8 heteroatoms. The van der Waals surface area contributed by atoms with Gasteiger partial charge in [-0.1, -0.05) is 28.1 Å². The fourth-order valence-electron chi connectivity index (χ4n) is 2.55. The molecule has 0 radical (unpaired) electrons. The molecule has 1 aliphatic rings. The number of piperazine rings is 1. The van der Waals surface area contributed by atoms with Crippen LogP contribution >= 0.6 is 40.7 Å². The van der Waals surface area contributed by atoms with Crippen LogP contribution in [0.4, 0.5) is 13.2 Å². The summed E-state index contributed by atoms with van der Waals surface area (Å²) in [5.41, 5.74) is 1.75. The van der Waals surface area contributed by atoms with E-state index in [1.807, 2.05) is 24.0 Å². The predicted octanol–water partition coefficient (Wildman–Crippen LogP) is 4.50. The molecule has 128 valence electrons. The van der Waals surface area contributed by atoms with E-state index < -0.39 is 18.6 Å². The van der Waals surface area contributed by atoms with E-state index in [4.69, 9.17) is 0 Å². The Hall–Kier alpha value is -0.0100. The highest BCUT2D eigenvalue weighted by Crippen LogP contribution is 2.37. The molecule has 0 amide bonds. The topological polar surface area (TPSA) is 15.3 Å². The SMILES string of the molecule is Cc1ccc([C@H](CC(F)(F)F)N2CCNCC2)c(Br)c1.Cl.Cl. The molecule has 0 aromatic heterocycles. The number of benzene rings is 1. The summed E-state index contributed by atoms with van der Waals surface area (Å²) in [7, 11) is 0. The number of hydrogen-bond acceptors (Lipinski definition) is 2. The maximum atomic E-state index is 12.9. The smallest absolute Gasteiger partial charge is 0.314 e. The quantitative estimate of drug-likeness (QED) is 0.769. The zero-order valence-corrected chi connectivity index (χ0v) is 15.3. The number of hydrogen-bond donors (Lipinski definition) is 1. The first-order valence-electron chi connectivity index (χ1n) is 6.64. The minimum absolute atomic E-state index is 0. The molecule has 0 spiro atoms. The van der Waals surface area contributed by atoms with E-state index in [0.717, 1.165) is 28.7 Å². The molecule has 2 rings (SSSR count). The second kappa shape index (κ2) is 9.33. The number of aryl methyl sites for hydroxylation is 1. The Balaban J connectivity index is 0.00000220. The third-order valence-corrected chi connectivity index (χ3v) is 4.22. The van der Waals surface area contributed by atoms with Crippen molar-refractivity contribution in [2.45, 2.75) is 25.6 Å². The van der Waals surface area contributed by atoms with Gasteiger partial charge >= 0.3 is 6.18 Å². The summed E-state index contributed by atoms with van der Waals surface area (Å²) < 4.78 is 39.5. The van der Waals surface area contributed by atoms with Crippen molar-refractivity contribution in [3.63, 3.8) is 0 Å². The average molecular weight is 424 g/mol. The molecule has 1 heterocycles. The number of alkyl halides is 3. The van der Waals surface area contributed by atoms with Crippen LogP contribution in [0, 0.1) is 6.92 Å². The summed E-state index contributed by atoms with van der Waals surface area (Å²) in [6.07, 6.45) is -4.98. The third-order valence-electron chi connectivity index (χ3n) is 3.53. The van der Waals surface area contributed by atoms with Crippen LogP contribution in [0.5, 0.6) is 0 Å². The molecular formula is C14H20BrCl2F3N2. The van der Waals surface area contributed by atoms with E-state index in [1.54, 1.807) is 6.07 Å². The predicted molar refractivity (Wildman–Crippen MR) is 91.2 cm³/mol. The van der Waals surface area contributed by atoms with Gasteiger partial charge in [-0.05, 0) is 24.1 Å². The molecule has 0 unspecified atom stereocenters. The first-order chi connectivity index (χ1) is 9.37. The number of nitrogens with one attached hydrogen (secondary N) is 1. The van der Waals surface area contributed by atoms with Crippen molar-refractivity contribution < 1.29 is 13.2 Å². The zero-order valence-electron chi connectivity index (χ0n) is 12.1. The molecule has 22 heavy (non-hydrogen) atoms. The average Bonchev–Trinajstić information content (AvgIpc) is 2.36. The molecule has 1 atom stereocenters. The normalized spacial score (nSPS) is 17.3. The van der Waals surface area contributed by atoms with Gasteiger partial charge in [0.2, 0.25) is 0 Å². The van der Waals surface area contributed by atoms with Crippen LogP contribution < -0.4 is 5.32 Å². The highest BCUT2D eigenvalue weighted by molar-refractivity contribution is 9.10.